The van der Waals surface area contributed by atoms with Gasteiger partial charge < -0.3 is 10.2 Å². The number of alkyl halides is 2. The largest absolute Gasteiger partial charge is 0.364 e. The maximum absolute atomic E-state index is 12.7. The van der Waals surface area contributed by atoms with Gasteiger partial charge >= 0.3 is 0 Å². The lowest BCUT2D eigenvalue weighted by Gasteiger charge is -2.31. The predicted octanol–water partition coefficient (Wildman–Crippen LogP) is 4.45. The standard InChI is InChI=1S/C21H27F2N5O/c1-13-8-17-15(26-20(13)27-18(29)9-21(2,3)4)6-5-7-28(17)12-14-10-25-16(11-24-14)19(22)23/h8,10-11,19H,5-7,9,12H2,1-4H3,(H,26,27,29). The van der Waals surface area contributed by atoms with Gasteiger partial charge in [-0.05, 0) is 36.8 Å². The van der Waals surface area contributed by atoms with E-state index in [1.807, 2.05) is 33.8 Å². The molecule has 0 bridgehead atoms. The van der Waals surface area contributed by atoms with Gasteiger partial charge in [-0.15, -0.1) is 0 Å². The van der Waals surface area contributed by atoms with Crippen LogP contribution in [0.25, 0.3) is 0 Å². The summed E-state index contributed by atoms with van der Waals surface area (Å²) in [5.74, 6) is 0.552. The zero-order valence-corrected chi connectivity index (χ0v) is 17.3. The highest BCUT2D eigenvalue weighted by Gasteiger charge is 2.22. The summed E-state index contributed by atoms with van der Waals surface area (Å²) in [5, 5.41) is 2.94. The fraction of sp³-hybridized carbons (Fsp3) is 0.524. The zero-order valence-electron chi connectivity index (χ0n) is 17.3. The minimum absolute atomic E-state index is 0.0462. The smallest absolute Gasteiger partial charge is 0.281 e. The van der Waals surface area contributed by atoms with Crippen LogP contribution < -0.4 is 10.2 Å². The van der Waals surface area contributed by atoms with Crippen LogP contribution in [-0.2, 0) is 17.8 Å². The van der Waals surface area contributed by atoms with Crippen molar-refractivity contribution in [2.45, 2.75) is 59.9 Å². The summed E-state index contributed by atoms with van der Waals surface area (Å²) >= 11 is 0. The first-order valence-corrected chi connectivity index (χ1v) is 9.77. The van der Waals surface area contributed by atoms with E-state index in [0.717, 1.165) is 42.5 Å². The summed E-state index contributed by atoms with van der Waals surface area (Å²) in [6.45, 7) is 9.28. The zero-order chi connectivity index (χ0) is 21.2. The molecule has 0 radical (unpaired) electrons. The fourth-order valence-electron chi connectivity index (χ4n) is 3.36. The first-order chi connectivity index (χ1) is 13.6. The number of nitrogens with one attached hydrogen (secondary N) is 1. The number of carbonyl (C=O) groups is 1. The molecule has 2 aromatic heterocycles. The third-order valence-corrected chi connectivity index (χ3v) is 4.70. The molecule has 0 saturated carbocycles. The van der Waals surface area contributed by atoms with Crippen molar-refractivity contribution in [2.75, 3.05) is 16.8 Å². The van der Waals surface area contributed by atoms with E-state index >= 15 is 0 Å². The number of halogens is 2. The molecule has 0 fully saturated rings. The number of carbonyl (C=O) groups excluding carboxylic acids is 1. The number of aromatic nitrogens is 3. The van der Waals surface area contributed by atoms with Crippen LogP contribution in [0.3, 0.4) is 0 Å². The van der Waals surface area contributed by atoms with Crippen molar-refractivity contribution < 1.29 is 13.6 Å². The number of rotatable bonds is 5. The molecule has 1 amide bonds. The third-order valence-electron chi connectivity index (χ3n) is 4.70. The van der Waals surface area contributed by atoms with E-state index in [4.69, 9.17) is 4.98 Å². The van der Waals surface area contributed by atoms with Crippen LogP contribution in [0.15, 0.2) is 18.5 Å². The van der Waals surface area contributed by atoms with Gasteiger partial charge in [-0.2, -0.15) is 0 Å². The van der Waals surface area contributed by atoms with Gasteiger partial charge in [0.05, 0.1) is 36.0 Å². The molecular formula is C21H27F2N5O. The number of amides is 1. The Morgan fingerprint density at radius 3 is 2.66 bits per heavy atom. The highest BCUT2D eigenvalue weighted by molar-refractivity contribution is 5.91. The molecule has 0 aliphatic carbocycles. The first kappa shape index (κ1) is 21.1. The van der Waals surface area contributed by atoms with Crippen LogP contribution in [0, 0.1) is 12.3 Å². The maximum atomic E-state index is 12.7. The highest BCUT2D eigenvalue weighted by atomic mass is 19.3. The summed E-state index contributed by atoms with van der Waals surface area (Å²) in [7, 11) is 0. The van der Waals surface area contributed by atoms with Crippen molar-refractivity contribution >= 4 is 17.4 Å². The van der Waals surface area contributed by atoms with E-state index in [0.29, 0.717) is 24.5 Å². The first-order valence-electron chi connectivity index (χ1n) is 9.77. The van der Waals surface area contributed by atoms with E-state index in [1.54, 1.807) is 0 Å². The van der Waals surface area contributed by atoms with Crippen molar-refractivity contribution in [1.29, 1.82) is 0 Å². The summed E-state index contributed by atoms with van der Waals surface area (Å²) < 4.78 is 25.3. The van der Waals surface area contributed by atoms with Gasteiger partial charge in [0.25, 0.3) is 6.43 Å². The van der Waals surface area contributed by atoms with Crippen LogP contribution in [-0.4, -0.2) is 27.4 Å². The van der Waals surface area contributed by atoms with Gasteiger partial charge in [0, 0.05) is 13.0 Å². The summed E-state index contributed by atoms with van der Waals surface area (Å²) in [6.07, 6.45) is 2.07. The average molecular weight is 403 g/mol. The number of fused-ring (bicyclic) bond motifs is 1. The number of anilines is 2. The quantitative estimate of drug-likeness (QED) is 0.799. The van der Waals surface area contributed by atoms with Crippen molar-refractivity contribution in [3.05, 3.63) is 41.1 Å². The molecule has 3 heterocycles. The van der Waals surface area contributed by atoms with Crippen LogP contribution in [0.5, 0.6) is 0 Å². The molecule has 29 heavy (non-hydrogen) atoms. The van der Waals surface area contributed by atoms with Gasteiger partial charge in [-0.1, -0.05) is 20.8 Å². The number of nitrogens with zero attached hydrogens (tertiary/aromatic N) is 4. The minimum atomic E-state index is -2.62. The second-order valence-electron chi connectivity index (χ2n) is 8.66. The summed E-state index contributed by atoms with van der Waals surface area (Å²) in [4.78, 5) is 27.0. The van der Waals surface area contributed by atoms with Gasteiger partial charge in [-0.3, -0.25) is 14.8 Å². The molecule has 1 aliphatic heterocycles. The molecule has 6 nitrogen and oxygen atoms in total. The Morgan fingerprint density at radius 2 is 2.03 bits per heavy atom. The average Bonchev–Trinajstić information content (AvgIpc) is 2.62. The molecule has 1 aliphatic rings. The molecule has 0 saturated heterocycles. The fourth-order valence-corrected chi connectivity index (χ4v) is 3.36. The lowest BCUT2D eigenvalue weighted by Crippen LogP contribution is -2.30. The molecule has 0 spiro atoms. The second-order valence-corrected chi connectivity index (χ2v) is 8.66. The monoisotopic (exact) mass is 403 g/mol. The Kier molecular flexibility index (Phi) is 6.10. The van der Waals surface area contributed by atoms with Crippen LogP contribution >= 0.6 is 0 Å². The Balaban J connectivity index is 1.77. The van der Waals surface area contributed by atoms with Gasteiger partial charge in [0.1, 0.15) is 11.5 Å². The molecule has 0 aromatic carbocycles. The van der Waals surface area contributed by atoms with Gasteiger partial charge in [-0.25, -0.2) is 13.8 Å². The molecule has 8 heteroatoms. The summed E-state index contributed by atoms with van der Waals surface area (Å²) in [6, 6.07) is 2.02. The number of hydrogen-bond acceptors (Lipinski definition) is 5. The number of aryl methyl sites for hydroxylation is 2. The molecule has 2 aromatic rings. The lowest BCUT2D eigenvalue weighted by molar-refractivity contribution is -0.117. The topological polar surface area (TPSA) is 71.0 Å². The van der Waals surface area contributed by atoms with Crippen LogP contribution in [0.4, 0.5) is 20.3 Å². The maximum Gasteiger partial charge on any atom is 0.281 e. The number of hydrogen-bond donors (Lipinski definition) is 1. The molecule has 0 atom stereocenters. The van der Waals surface area contributed by atoms with Gasteiger partial charge in [0.2, 0.25) is 5.91 Å². The van der Waals surface area contributed by atoms with E-state index in [2.05, 4.69) is 20.2 Å². The minimum Gasteiger partial charge on any atom is -0.364 e. The number of pyridine rings is 1. The van der Waals surface area contributed by atoms with Gasteiger partial charge in [0.15, 0.2) is 0 Å². The van der Waals surface area contributed by atoms with E-state index < -0.39 is 6.43 Å². The van der Waals surface area contributed by atoms with Crippen molar-refractivity contribution in [3.8, 4) is 0 Å². The SMILES string of the molecule is Cc1cc2c(nc1NC(=O)CC(C)(C)C)CCCN2Cc1cnc(C(F)F)cn1. The van der Waals surface area contributed by atoms with E-state index in [1.165, 1.54) is 6.20 Å². The van der Waals surface area contributed by atoms with E-state index in [9.17, 15) is 13.6 Å². The Bertz CT molecular complexity index is 878. The molecule has 0 unspecified atom stereocenters. The Labute approximate surface area is 169 Å². The normalized spacial score (nSPS) is 14.1. The molecule has 1 N–H and O–H groups in total. The molecule has 156 valence electrons. The van der Waals surface area contributed by atoms with Crippen LogP contribution in [0.1, 0.15) is 62.7 Å². The predicted molar refractivity (Wildman–Crippen MR) is 108 cm³/mol. The Morgan fingerprint density at radius 1 is 1.28 bits per heavy atom. The van der Waals surface area contributed by atoms with E-state index in [-0.39, 0.29) is 17.0 Å². The van der Waals surface area contributed by atoms with Crippen molar-refractivity contribution in [3.63, 3.8) is 0 Å². The Hall–Kier alpha value is -2.64. The van der Waals surface area contributed by atoms with Crippen LogP contribution in [0.2, 0.25) is 0 Å². The lowest BCUT2D eigenvalue weighted by atomic mass is 9.92. The second kappa shape index (κ2) is 8.39. The van der Waals surface area contributed by atoms with Crippen molar-refractivity contribution in [2.24, 2.45) is 5.41 Å². The third kappa shape index (κ3) is 5.46. The van der Waals surface area contributed by atoms with Crippen molar-refractivity contribution in [1.82, 2.24) is 15.0 Å². The summed E-state index contributed by atoms with van der Waals surface area (Å²) in [5.41, 5.74) is 3.01. The molecular weight excluding hydrogens is 376 g/mol. The highest BCUT2D eigenvalue weighted by Crippen LogP contribution is 2.31. The molecule has 3 rings (SSSR count).